The number of nitrogens with zero attached hydrogens (tertiary/aromatic N) is 4. The molecule has 0 atom stereocenters. The van der Waals surface area contributed by atoms with Gasteiger partial charge in [0.1, 0.15) is 6.07 Å². The van der Waals surface area contributed by atoms with Crippen LogP contribution >= 0.6 is 11.3 Å². The maximum absolute atomic E-state index is 8.97. The van der Waals surface area contributed by atoms with Gasteiger partial charge < -0.3 is 0 Å². The molecule has 3 aromatic rings. The normalized spacial score (nSPS) is 10.5. The molecule has 17 heavy (non-hydrogen) atoms. The summed E-state index contributed by atoms with van der Waals surface area (Å²) in [6.45, 7) is 0. The quantitative estimate of drug-likeness (QED) is 0.690. The lowest BCUT2D eigenvalue weighted by atomic mass is 10.3. The molecule has 3 heterocycles. The van der Waals surface area contributed by atoms with Crippen molar-refractivity contribution in [2.24, 2.45) is 0 Å². The Kier molecular flexibility index (Phi) is 2.35. The molecule has 0 radical (unpaired) electrons. The molecule has 4 nitrogen and oxygen atoms in total. The number of thiophene rings is 1. The molecule has 0 fully saturated rings. The van der Waals surface area contributed by atoms with Gasteiger partial charge in [0.15, 0.2) is 11.5 Å². The second-order valence-corrected chi connectivity index (χ2v) is 4.62. The summed E-state index contributed by atoms with van der Waals surface area (Å²) in [7, 11) is 0. The van der Waals surface area contributed by atoms with Gasteiger partial charge in [-0.2, -0.15) is 10.4 Å². The van der Waals surface area contributed by atoms with E-state index in [0.717, 1.165) is 5.82 Å². The summed E-state index contributed by atoms with van der Waals surface area (Å²) in [6.07, 6.45) is 2.52. The van der Waals surface area contributed by atoms with E-state index in [9.17, 15) is 0 Å². The number of nitriles is 1. The highest BCUT2D eigenvalue weighted by Gasteiger charge is 2.08. The van der Waals surface area contributed by atoms with E-state index in [1.807, 2.05) is 11.4 Å². The monoisotopic (exact) mass is 240 g/mol. The summed E-state index contributed by atoms with van der Waals surface area (Å²) in [6, 6.07) is 9.74. The Morgan fingerprint density at radius 1 is 1.35 bits per heavy atom. The van der Waals surface area contributed by atoms with Crippen molar-refractivity contribution in [3.63, 3.8) is 0 Å². The molecule has 0 amide bonds. The van der Waals surface area contributed by atoms with Crippen LogP contribution in [0.1, 0.15) is 16.3 Å². The van der Waals surface area contributed by atoms with Crippen LogP contribution in [0.15, 0.2) is 35.8 Å². The van der Waals surface area contributed by atoms with Gasteiger partial charge in [0.25, 0.3) is 0 Å². The molecule has 3 rings (SSSR count). The molecule has 3 aromatic heterocycles. The number of aromatic nitrogens is 3. The van der Waals surface area contributed by atoms with E-state index in [1.54, 1.807) is 34.2 Å². The maximum Gasteiger partial charge on any atom is 0.173 e. The van der Waals surface area contributed by atoms with Crippen LogP contribution in [0.3, 0.4) is 0 Å². The first-order valence-corrected chi connectivity index (χ1v) is 6.01. The van der Waals surface area contributed by atoms with E-state index in [-0.39, 0.29) is 0 Å². The predicted molar refractivity (Wildman–Crippen MR) is 64.8 cm³/mol. The molecule has 0 unspecified atom stereocenters. The van der Waals surface area contributed by atoms with Gasteiger partial charge in [-0.3, -0.25) is 0 Å². The number of rotatable bonds is 2. The summed E-state index contributed by atoms with van der Waals surface area (Å²) in [5.41, 5.74) is 1.18. The lowest BCUT2D eigenvalue weighted by molar-refractivity contribution is 0.904. The van der Waals surface area contributed by atoms with E-state index in [1.165, 1.54) is 4.88 Å². The average Bonchev–Trinajstić information content (AvgIpc) is 2.97. The third-order valence-corrected chi connectivity index (χ3v) is 3.32. The zero-order chi connectivity index (χ0) is 11.7. The van der Waals surface area contributed by atoms with Crippen molar-refractivity contribution in [1.82, 2.24) is 14.6 Å². The highest BCUT2D eigenvalue weighted by molar-refractivity contribution is 7.09. The minimum atomic E-state index is 0.553. The van der Waals surface area contributed by atoms with Gasteiger partial charge >= 0.3 is 0 Å². The molecule has 0 aliphatic heterocycles. The highest BCUT2D eigenvalue weighted by atomic mass is 32.1. The second-order valence-electron chi connectivity index (χ2n) is 3.59. The van der Waals surface area contributed by atoms with Crippen LogP contribution in [0.5, 0.6) is 0 Å². The second kappa shape index (κ2) is 4.00. The van der Waals surface area contributed by atoms with Gasteiger partial charge in [0.05, 0.1) is 5.56 Å². The first-order valence-electron chi connectivity index (χ1n) is 5.13. The molecule has 0 aliphatic rings. The van der Waals surface area contributed by atoms with Gasteiger partial charge in [-0.25, -0.2) is 9.50 Å². The van der Waals surface area contributed by atoms with Crippen molar-refractivity contribution in [3.8, 4) is 6.07 Å². The Morgan fingerprint density at radius 3 is 3.06 bits per heavy atom. The average molecular weight is 240 g/mol. The van der Waals surface area contributed by atoms with Crippen LogP contribution in [-0.2, 0) is 6.42 Å². The van der Waals surface area contributed by atoms with Crippen molar-refractivity contribution in [1.29, 1.82) is 5.26 Å². The van der Waals surface area contributed by atoms with Crippen LogP contribution in [0.2, 0.25) is 0 Å². The summed E-state index contributed by atoms with van der Waals surface area (Å²) < 4.78 is 1.65. The fourth-order valence-electron chi connectivity index (χ4n) is 1.68. The zero-order valence-electron chi connectivity index (χ0n) is 8.87. The zero-order valence-corrected chi connectivity index (χ0v) is 9.68. The summed E-state index contributed by atoms with van der Waals surface area (Å²) in [5.74, 6) is 0.746. The molecule has 0 spiro atoms. The standard InChI is InChI=1S/C12H8N4S/c13-8-9-3-1-5-16-12(9)14-11(15-16)7-10-4-2-6-17-10/h1-6H,7H2. The Bertz CT molecular complexity index is 691. The summed E-state index contributed by atoms with van der Waals surface area (Å²) in [5, 5.41) is 15.4. The Morgan fingerprint density at radius 2 is 2.29 bits per heavy atom. The lowest BCUT2D eigenvalue weighted by Gasteiger charge is -1.90. The van der Waals surface area contributed by atoms with E-state index in [4.69, 9.17) is 5.26 Å². The maximum atomic E-state index is 8.97. The Hall–Kier alpha value is -2.19. The number of hydrogen-bond acceptors (Lipinski definition) is 4. The van der Waals surface area contributed by atoms with Gasteiger partial charge in [-0.15, -0.1) is 11.3 Å². The van der Waals surface area contributed by atoms with Gasteiger partial charge in [0, 0.05) is 17.5 Å². The van der Waals surface area contributed by atoms with Crippen LogP contribution in [0, 0.1) is 11.3 Å². The molecule has 0 aromatic carbocycles. The van der Waals surface area contributed by atoms with Crippen LogP contribution in [0.25, 0.3) is 5.65 Å². The third-order valence-electron chi connectivity index (χ3n) is 2.44. The van der Waals surface area contributed by atoms with Crippen molar-refractivity contribution in [2.75, 3.05) is 0 Å². The van der Waals surface area contributed by atoms with Gasteiger partial charge in [0.2, 0.25) is 0 Å². The molecule has 82 valence electrons. The van der Waals surface area contributed by atoms with Crippen molar-refractivity contribution in [3.05, 3.63) is 52.1 Å². The van der Waals surface area contributed by atoms with E-state index in [2.05, 4.69) is 22.2 Å². The lowest BCUT2D eigenvalue weighted by Crippen LogP contribution is -1.90. The molecule has 0 bridgehead atoms. The van der Waals surface area contributed by atoms with E-state index >= 15 is 0 Å². The first-order chi connectivity index (χ1) is 8.36. The molecule has 0 aliphatic carbocycles. The number of hydrogen-bond donors (Lipinski definition) is 0. The summed E-state index contributed by atoms with van der Waals surface area (Å²) >= 11 is 1.68. The molecular weight excluding hydrogens is 232 g/mol. The number of fused-ring (bicyclic) bond motifs is 1. The third kappa shape index (κ3) is 1.79. The minimum absolute atomic E-state index is 0.553. The Balaban J connectivity index is 2.05. The smallest absolute Gasteiger partial charge is 0.173 e. The molecule has 0 N–H and O–H groups in total. The van der Waals surface area contributed by atoms with Crippen molar-refractivity contribution < 1.29 is 0 Å². The predicted octanol–water partition coefficient (Wildman–Crippen LogP) is 2.25. The topological polar surface area (TPSA) is 54.0 Å². The van der Waals surface area contributed by atoms with Gasteiger partial charge in [-0.05, 0) is 23.6 Å². The first kappa shape index (κ1) is 10.00. The fourth-order valence-corrected chi connectivity index (χ4v) is 2.38. The van der Waals surface area contributed by atoms with Crippen molar-refractivity contribution >= 4 is 17.0 Å². The molecule has 0 saturated heterocycles. The van der Waals surface area contributed by atoms with Crippen LogP contribution in [-0.4, -0.2) is 14.6 Å². The van der Waals surface area contributed by atoms with Crippen LogP contribution in [0.4, 0.5) is 0 Å². The van der Waals surface area contributed by atoms with Crippen molar-refractivity contribution in [2.45, 2.75) is 6.42 Å². The highest BCUT2D eigenvalue weighted by Crippen LogP contribution is 2.14. The molecule has 0 saturated carbocycles. The summed E-state index contributed by atoms with van der Waals surface area (Å²) in [4.78, 5) is 5.62. The van der Waals surface area contributed by atoms with E-state index < -0.39 is 0 Å². The van der Waals surface area contributed by atoms with Gasteiger partial charge in [-0.1, -0.05) is 6.07 Å². The van der Waals surface area contributed by atoms with Crippen LogP contribution < -0.4 is 0 Å². The minimum Gasteiger partial charge on any atom is -0.219 e. The largest absolute Gasteiger partial charge is 0.219 e. The van der Waals surface area contributed by atoms with E-state index in [0.29, 0.717) is 17.6 Å². The molecular formula is C12H8N4S. The fraction of sp³-hybridized carbons (Fsp3) is 0.0833. The molecule has 5 heteroatoms. The number of pyridine rings is 1. The Labute approximate surface area is 102 Å². The SMILES string of the molecule is N#Cc1cccn2nc(Cc3cccs3)nc12.